The highest BCUT2D eigenvalue weighted by atomic mass is 33.1. The van der Waals surface area contributed by atoms with E-state index < -0.39 is 11.2 Å². The van der Waals surface area contributed by atoms with Crippen molar-refractivity contribution in [3.8, 4) is 0 Å². The minimum atomic E-state index is -0.951. The lowest BCUT2D eigenvalue weighted by Gasteiger charge is -1.99. The molecule has 0 aliphatic carbocycles. The molecule has 0 aromatic heterocycles. The summed E-state index contributed by atoms with van der Waals surface area (Å²) in [6.45, 7) is 0. The van der Waals surface area contributed by atoms with Crippen LogP contribution in [0.25, 0.3) is 0 Å². The zero-order valence-electron chi connectivity index (χ0n) is 4.81. The summed E-state index contributed by atoms with van der Waals surface area (Å²) in [5, 5.41) is 9.38. The van der Waals surface area contributed by atoms with E-state index in [1.54, 1.807) is 5.41 Å². The Balaban J connectivity index is 2.72. The Morgan fingerprint density at radius 3 is 2.90 bits per heavy atom. The van der Waals surface area contributed by atoms with Crippen molar-refractivity contribution in [2.75, 3.05) is 0 Å². The standard InChI is InChI=1S/C5H4O3S2/c6-1-3-2-9-10-4(3)5(7)8/h1-2,4H,(H,7,8). The monoisotopic (exact) mass is 176 g/mol. The highest BCUT2D eigenvalue weighted by Gasteiger charge is 2.26. The van der Waals surface area contributed by atoms with Crippen molar-refractivity contribution in [1.29, 1.82) is 0 Å². The minimum absolute atomic E-state index is 0.350. The fourth-order valence-electron chi connectivity index (χ4n) is 0.530. The molecule has 0 fully saturated rings. The molecule has 0 saturated carbocycles. The SMILES string of the molecule is O=CC1=CSSC1C(=O)O. The van der Waals surface area contributed by atoms with Crippen molar-refractivity contribution >= 4 is 33.8 Å². The molecule has 54 valence electrons. The molecule has 0 aromatic carbocycles. The molecule has 1 rings (SSSR count). The Labute approximate surface area is 65.3 Å². The lowest BCUT2D eigenvalue weighted by Crippen LogP contribution is -2.16. The van der Waals surface area contributed by atoms with Crippen LogP contribution in [0.4, 0.5) is 0 Å². The lowest BCUT2D eigenvalue weighted by atomic mass is 10.2. The zero-order chi connectivity index (χ0) is 7.56. The van der Waals surface area contributed by atoms with Crippen LogP contribution in [0.2, 0.25) is 0 Å². The third kappa shape index (κ3) is 1.35. The molecule has 1 unspecified atom stereocenters. The van der Waals surface area contributed by atoms with E-state index in [0.717, 1.165) is 0 Å². The maximum atomic E-state index is 10.3. The van der Waals surface area contributed by atoms with Crippen LogP contribution in [0.1, 0.15) is 0 Å². The lowest BCUT2D eigenvalue weighted by molar-refractivity contribution is -0.136. The number of carbonyl (C=O) groups is 2. The molecule has 1 atom stereocenters. The van der Waals surface area contributed by atoms with Gasteiger partial charge in [0.05, 0.1) is 0 Å². The molecule has 0 saturated heterocycles. The maximum Gasteiger partial charge on any atom is 0.322 e. The van der Waals surface area contributed by atoms with Gasteiger partial charge in [0, 0.05) is 5.57 Å². The largest absolute Gasteiger partial charge is 0.480 e. The van der Waals surface area contributed by atoms with Crippen molar-refractivity contribution in [3.63, 3.8) is 0 Å². The van der Waals surface area contributed by atoms with Crippen molar-refractivity contribution < 1.29 is 14.7 Å². The van der Waals surface area contributed by atoms with E-state index in [1.165, 1.54) is 21.6 Å². The number of aliphatic carboxylic acids is 1. The molecule has 0 aromatic rings. The van der Waals surface area contributed by atoms with Gasteiger partial charge in [-0.15, -0.1) is 0 Å². The molecule has 1 aliphatic rings. The molecule has 0 spiro atoms. The van der Waals surface area contributed by atoms with E-state index in [2.05, 4.69) is 0 Å². The Hall–Kier alpha value is -0.420. The molecule has 1 aliphatic heterocycles. The van der Waals surface area contributed by atoms with Crippen molar-refractivity contribution in [1.82, 2.24) is 0 Å². The van der Waals surface area contributed by atoms with Crippen molar-refractivity contribution in [2.24, 2.45) is 0 Å². The van der Waals surface area contributed by atoms with Gasteiger partial charge in [-0.2, -0.15) is 0 Å². The number of carbonyl (C=O) groups excluding carboxylic acids is 1. The molecule has 0 radical (unpaired) electrons. The van der Waals surface area contributed by atoms with Crippen LogP contribution in [0, 0.1) is 0 Å². The first-order valence-electron chi connectivity index (χ1n) is 2.46. The van der Waals surface area contributed by atoms with E-state index >= 15 is 0 Å². The van der Waals surface area contributed by atoms with Crippen molar-refractivity contribution in [2.45, 2.75) is 5.25 Å². The minimum Gasteiger partial charge on any atom is -0.480 e. The van der Waals surface area contributed by atoms with Gasteiger partial charge in [0.2, 0.25) is 0 Å². The average Bonchev–Trinajstić information content (AvgIpc) is 2.33. The van der Waals surface area contributed by atoms with Crippen LogP contribution in [0.15, 0.2) is 11.0 Å². The Kier molecular flexibility index (Phi) is 2.39. The van der Waals surface area contributed by atoms with Gasteiger partial charge in [-0.3, -0.25) is 9.59 Å². The number of carboxylic acids is 1. The van der Waals surface area contributed by atoms with Gasteiger partial charge in [-0.25, -0.2) is 0 Å². The number of hydrogen-bond donors (Lipinski definition) is 1. The first kappa shape index (κ1) is 7.68. The maximum absolute atomic E-state index is 10.3. The van der Waals surface area contributed by atoms with Crippen LogP contribution in [0.5, 0.6) is 0 Å². The topological polar surface area (TPSA) is 54.4 Å². The Morgan fingerprint density at radius 1 is 1.80 bits per heavy atom. The first-order chi connectivity index (χ1) is 4.75. The molecule has 10 heavy (non-hydrogen) atoms. The quantitative estimate of drug-likeness (QED) is 0.500. The number of hydrogen-bond acceptors (Lipinski definition) is 4. The second-order valence-electron chi connectivity index (χ2n) is 1.65. The van der Waals surface area contributed by atoms with Crippen LogP contribution >= 0.6 is 21.6 Å². The summed E-state index contributed by atoms with van der Waals surface area (Å²) in [5.74, 6) is -0.951. The highest BCUT2D eigenvalue weighted by Crippen LogP contribution is 2.39. The van der Waals surface area contributed by atoms with E-state index in [4.69, 9.17) is 5.11 Å². The number of carboxylic acid groups (broad SMARTS) is 1. The van der Waals surface area contributed by atoms with Crippen LogP contribution in [0.3, 0.4) is 0 Å². The highest BCUT2D eigenvalue weighted by molar-refractivity contribution is 8.78. The second kappa shape index (κ2) is 3.12. The molecular weight excluding hydrogens is 172 g/mol. The van der Waals surface area contributed by atoms with Crippen LogP contribution in [-0.2, 0) is 9.59 Å². The Morgan fingerprint density at radius 2 is 2.50 bits per heavy atom. The third-order valence-electron chi connectivity index (χ3n) is 0.999. The average molecular weight is 176 g/mol. The summed E-state index contributed by atoms with van der Waals surface area (Å²) < 4.78 is 0. The fourth-order valence-corrected chi connectivity index (χ4v) is 2.82. The van der Waals surface area contributed by atoms with Gasteiger partial charge in [0.1, 0.15) is 11.5 Å². The summed E-state index contributed by atoms with van der Waals surface area (Å²) in [5.41, 5.74) is 0.350. The smallest absolute Gasteiger partial charge is 0.322 e. The van der Waals surface area contributed by atoms with Gasteiger partial charge in [-0.1, -0.05) is 21.6 Å². The zero-order valence-corrected chi connectivity index (χ0v) is 6.45. The number of rotatable bonds is 2. The fraction of sp³-hybridized carbons (Fsp3) is 0.200. The van der Waals surface area contributed by atoms with Gasteiger partial charge in [0.15, 0.2) is 0 Å². The van der Waals surface area contributed by atoms with Crippen LogP contribution < -0.4 is 0 Å². The molecule has 1 N–H and O–H groups in total. The third-order valence-corrected chi connectivity index (χ3v) is 3.34. The molecular formula is C5H4O3S2. The van der Waals surface area contributed by atoms with Crippen LogP contribution in [-0.4, -0.2) is 22.6 Å². The second-order valence-corrected chi connectivity index (χ2v) is 3.89. The van der Waals surface area contributed by atoms with E-state index in [9.17, 15) is 9.59 Å². The summed E-state index contributed by atoms with van der Waals surface area (Å²) in [4.78, 5) is 20.5. The van der Waals surface area contributed by atoms with Gasteiger partial charge < -0.3 is 5.11 Å². The number of aldehydes is 1. The normalized spacial score (nSPS) is 24.0. The summed E-state index contributed by atoms with van der Waals surface area (Å²) in [6, 6.07) is 0. The predicted molar refractivity (Wildman–Crippen MR) is 40.8 cm³/mol. The first-order valence-corrected chi connectivity index (χ1v) is 4.73. The van der Waals surface area contributed by atoms with Gasteiger partial charge in [-0.05, 0) is 5.41 Å². The molecule has 3 nitrogen and oxygen atoms in total. The summed E-state index contributed by atoms with van der Waals surface area (Å²) in [6.07, 6.45) is 0.589. The van der Waals surface area contributed by atoms with E-state index in [-0.39, 0.29) is 0 Å². The predicted octanol–water partition coefficient (Wildman–Crippen LogP) is 0.917. The molecule has 0 amide bonds. The summed E-state index contributed by atoms with van der Waals surface area (Å²) >= 11 is 0. The van der Waals surface area contributed by atoms with Gasteiger partial charge >= 0.3 is 5.97 Å². The van der Waals surface area contributed by atoms with Crippen molar-refractivity contribution in [3.05, 3.63) is 11.0 Å². The molecule has 1 heterocycles. The molecule has 0 bridgehead atoms. The van der Waals surface area contributed by atoms with E-state index in [0.29, 0.717) is 11.9 Å². The van der Waals surface area contributed by atoms with E-state index in [1.807, 2.05) is 0 Å². The summed E-state index contributed by atoms with van der Waals surface area (Å²) in [7, 11) is 2.46. The Bertz CT molecular complexity index is 199. The molecule has 5 heteroatoms. The van der Waals surface area contributed by atoms with Gasteiger partial charge in [0.25, 0.3) is 0 Å².